The highest BCUT2D eigenvalue weighted by atomic mass is 16.5. The summed E-state index contributed by atoms with van der Waals surface area (Å²) in [4.78, 5) is 10.3. The molecule has 4 nitrogen and oxygen atoms in total. The smallest absolute Gasteiger partial charge is 0.328 e. The van der Waals surface area contributed by atoms with Crippen LogP contribution in [0.25, 0.3) is 6.08 Å². The van der Waals surface area contributed by atoms with Gasteiger partial charge in [0, 0.05) is 13.2 Å². The molecule has 0 saturated heterocycles. The van der Waals surface area contributed by atoms with E-state index in [1.54, 1.807) is 13.2 Å². The zero-order valence-corrected chi connectivity index (χ0v) is 9.05. The van der Waals surface area contributed by atoms with Gasteiger partial charge in [-0.15, -0.1) is 0 Å². The lowest BCUT2D eigenvalue weighted by Crippen LogP contribution is -2.04. The van der Waals surface area contributed by atoms with Crippen molar-refractivity contribution in [2.24, 2.45) is 0 Å². The van der Waals surface area contributed by atoms with Crippen molar-refractivity contribution >= 4 is 12.0 Å². The Morgan fingerprint density at radius 1 is 1.44 bits per heavy atom. The van der Waals surface area contributed by atoms with E-state index in [4.69, 9.17) is 14.6 Å². The molecule has 86 valence electrons. The minimum Gasteiger partial charge on any atom is -0.491 e. The van der Waals surface area contributed by atoms with Crippen molar-refractivity contribution < 1.29 is 19.4 Å². The second-order valence-electron chi connectivity index (χ2n) is 3.09. The van der Waals surface area contributed by atoms with Crippen molar-refractivity contribution in [2.75, 3.05) is 20.3 Å². The van der Waals surface area contributed by atoms with Gasteiger partial charge in [-0.25, -0.2) is 4.79 Å². The first-order valence-electron chi connectivity index (χ1n) is 4.85. The van der Waals surface area contributed by atoms with Crippen LogP contribution in [0.1, 0.15) is 5.56 Å². The predicted molar refractivity (Wildman–Crippen MR) is 60.5 cm³/mol. The standard InChI is InChI=1S/C12H14O4/c1-15-7-8-16-11-4-2-3-10(9-11)5-6-12(13)14/h2-6,9H,7-8H2,1H3,(H,13,14)/b6-5-. The number of hydrogen-bond acceptors (Lipinski definition) is 3. The minimum atomic E-state index is -0.967. The van der Waals surface area contributed by atoms with E-state index in [0.717, 1.165) is 11.6 Å². The Labute approximate surface area is 94.1 Å². The van der Waals surface area contributed by atoms with Gasteiger partial charge in [0.15, 0.2) is 0 Å². The fourth-order valence-electron chi connectivity index (χ4n) is 1.12. The Hall–Kier alpha value is -1.81. The van der Waals surface area contributed by atoms with Gasteiger partial charge in [-0.1, -0.05) is 12.1 Å². The first-order valence-corrected chi connectivity index (χ1v) is 4.85. The van der Waals surface area contributed by atoms with E-state index in [1.807, 2.05) is 18.2 Å². The van der Waals surface area contributed by atoms with Crippen LogP contribution in [0.5, 0.6) is 5.75 Å². The summed E-state index contributed by atoms with van der Waals surface area (Å²) < 4.78 is 10.2. The zero-order valence-electron chi connectivity index (χ0n) is 9.05. The monoisotopic (exact) mass is 222 g/mol. The summed E-state index contributed by atoms with van der Waals surface area (Å²) in [5.74, 6) is -0.268. The summed E-state index contributed by atoms with van der Waals surface area (Å²) in [5.41, 5.74) is 0.789. The fraction of sp³-hybridized carbons (Fsp3) is 0.250. The molecule has 0 atom stereocenters. The molecule has 1 aromatic carbocycles. The van der Waals surface area contributed by atoms with Crippen molar-refractivity contribution in [3.63, 3.8) is 0 Å². The van der Waals surface area contributed by atoms with E-state index in [1.165, 1.54) is 6.08 Å². The van der Waals surface area contributed by atoms with Gasteiger partial charge >= 0.3 is 5.97 Å². The van der Waals surface area contributed by atoms with Crippen LogP contribution in [0.15, 0.2) is 30.3 Å². The first kappa shape index (κ1) is 12.3. The molecule has 0 aromatic heterocycles. The largest absolute Gasteiger partial charge is 0.491 e. The molecular weight excluding hydrogens is 208 g/mol. The summed E-state index contributed by atoms with van der Waals surface area (Å²) in [6.07, 6.45) is 2.61. The summed E-state index contributed by atoms with van der Waals surface area (Å²) in [6, 6.07) is 7.20. The molecule has 1 N–H and O–H groups in total. The van der Waals surface area contributed by atoms with Gasteiger partial charge in [0.25, 0.3) is 0 Å². The second kappa shape index (κ2) is 6.63. The molecule has 0 radical (unpaired) electrons. The molecule has 0 heterocycles. The quantitative estimate of drug-likeness (QED) is 0.589. The summed E-state index contributed by atoms with van der Waals surface area (Å²) in [7, 11) is 1.61. The van der Waals surface area contributed by atoms with Crippen LogP contribution in [0, 0.1) is 0 Å². The number of benzene rings is 1. The maximum absolute atomic E-state index is 10.3. The third-order valence-electron chi connectivity index (χ3n) is 1.83. The van der Waals surface area contributed by atoms with Crippen LogP contribution in [-0.4, -0.2) is 31.4 Å². The molecule has 0 spiro atoms. The predicted octanol–water partition coefficient (Wildman–Crippen LogP) is 1.81. The molecule has 0 bridgehead atoms. The number of carbonyl (C=O) groups is 1. The molecular formula is C12H14O4. The minimum absolute atomic E-state index is 0.475. The van der Waals surface area contributed by atoms with Gasteiger partial charge < -0.3 is 14.6 Å². The molecule has 1 rings (SSSR count). The number of carboxylic acids is 1. The molecule has 1 aromatic rings. The average molecular weight is 222 g/mol. The normalized spacial score (nSPS) is 10.6. The molecule has 4 heteroatoms. The van der Waals surface area contributed by atoms with Gasteiger partial charge in [-0.3, -0.25) is 0 Å². The summed E-state index contributed by atoms with van der Waals surface area (Å²) in [5, 5.41) is 8.48. The van der Waals surface area contributed by atoms with Gasteiger partial charge in [-0.2, -0.15) is 0 Å². The van der Waals surface area contributed by atoms with Crippen LogP contribution in [0.2, 0.25) is 0 Å². The van der Waals surface area contributed by atoms with E-state index < -0.39 is 5.97 Å². The fourth-order valence-corrected chi connectivity index (χ4v) is 1.12. The maximum Gasteiger partial charge on any atom is 0.328 e. The highest BCUT2D eigenvalue weighted by molar-refractivity contribution is 5.85. The van der Waals surface area contributed by atoms with E-state index in [-0.39, 0.29) is 0 Å². The number of aliphatic carboxylic acids is 1. The number of rotatable bonds is 6. The van der Waals surface area contributed by atoms with E-state index in [2.05, 4.69) is 0 Å². The van der Waals surface area contributed by atoms with Gasteiger partial charge in [0.05, 0.1) is 6.61 Å². The molecule has 0 amide bonds. The van der Waals surface area contributed by atoms with Crippen molar-refractivity contribution in [1.29, 1.82) is 0 Å². The molecule has 0 aliphatic heterocycles. The highest BCUT2D eigenvalue weighted by Gasteiger charge is 1.95. The van der Waals surface area contributed by atoms with Gasteiger partial charge in [0.1, 0.15) is 12.4 Å². The molecule has 0 fully saturated rings. The summed E-state index contributed by atoms with van der Waals surface area (Å²) in [6.45, 7) is 0.998. The van der Waals surface area contributed by atoms with E-state index in [9.17, 15) is 4.79 Å². The Morgan fingerprint density at radius 3 is 2.94 bits per heavy atom. The highest BCUT2D eigenvalue weighted by Crippen LogP contribution is 2.14. The number of ether oxygens (including phenoxy) is 2. The van der Waals surface area contributed by atoms with Crippen LogP contribution < -0.4 is 4.74 Å². The van der Waals surface area contributed by atoms with Crippen LogP contribution in [-0.2, 0) is 9.53 Å². The van der Waals surface area contributed by atoms with Crippen molar-refractivity contribution in [2.45, 2.75) is 0 Å². The van der Waals surface area contributed by atoms with Crippen molar-refractivity contribution in [3.05, 3.63) is 35.9 Å². The molecule has 0 aliphatic carbocycles. The Morgan fingerprint density at radius 2 is 2.25 bits per heavy atom. The lowest BCUT2D eigenvalue weighted by atomic mass is 10.2. The molecule has 16 heavy (non-hydrogen) atoms. The third-order valence-corrected chi connectivity index (χ3v) is 1.83. The van der Waals surface area contributed by atoms with Crippen molar-refractivity contribution in [3.8, 4) is 5.75 Å². The lowest BCUT2D eigenvalue weighted by molar-refractivity contribution is -0.131. The lowest BCUT2D eigenvalue weighted by Gasteiger charge is -2.05. The molecule has 0 unspecified atom stereocenters. The Balaban J connectivity index is 2.60. The number of methoxy groups -OCH3 is 1. The first-order chi connectivity index (χ1) is 7.72. The Kier molecular flexibility index (Phi) is 5.08. The van der Waals surface area contributed by atoms with Crippen LogP contribution in [0.3, 0.4) is 0 Å². The van der Waals surface area contributed by atoms with E-state index >= 15 is 0 Å². The third kappa shape index (κ3) is 4.61. The number of hydrogen-bond donors (Lipinski definition) is 1. The SMILES string of the molecule is COCCOc1cccc(/C=C\C(=O)O)c1. The van der Waals surface area contributed by atoms with E-state index in [0.29, 0.717) is 19.0 Å². The summed E-state index contributed by atoms with van der Waals surface area (Å²) >= 11 is 0. The Bertz CT molecular complexity index is 371. The topological polar surface area (TPSA) is 55.8 Å². The average Bonchev–Trinajstić information content (AvgIpc) is 2.27. The second-order valence-corrected chi connectivity index (χ2v) is 3.09. The van der Waals surface area contributed by atoms with Crippen LogP contribution in [0.4, 0.5) is 0 Å². The van der Waals surface area contributed by atoms with Gasteiger partial charge in [0.2, 0.25) is 0 Å². The molecule has 0 aliphatic rings. The number of carboxylic acid groups (broad SMARTS) is 1. The van der Waals surface area contributed by atoms with Gasteiger partial charge in [-0.05, 0) is 23.8 Å². The maximum atomic E-state index is 10.3. The zero-order chi connectivity index (χ0) is 11.8. The van der Waals surface area contributed by atoms with Crippen molar-refractivity contribution in [1.82, 2.24) is 0 Å². The van der Waals surface area contributed by atoms with Crippen LogP contribution >= 0.6 is 0 Å². The molecule has 0 saturated carbocycles.